The molecule has 0 bridgehead atoms. The fourth-order valence-electron chi connectivity index (χ4n) is 2.74. The van der Waals surface area contributed by atoms with E-state index in [1.165, 1.54) is 18.4 Å². The highest BCUT2D eigenvalue weighted by Crippen LogP contribution is 2.33. The van der Waals surface area contributed by atoms with Crippen LogP contribution in [-0.4, -0.2) is 38.4 Å². The molecule has 3 aromatic rings. The van der Waals surface area contributed by atoms with E-state index in [2.05, 4.69) is 10.9 Å². The van der Waals surface area contributed by atoms with Crippen LogP contribution in [0.1, 0.15) is 0 Å². The summed E-state index contributed by atoms with van der Waals surface area (Å²) < 4.78 is 24.1. The van der Waals surface area contributed by atoms with E-state index in [1.54, 1.807) is 37.0 Å². The highest BCUT2D eigenvalue weighted by Gasteiger charge is 2.13. The first-order chi connectivity index (χ1) is 14.1. The molecule has 0 aliphatic rings. The lowest BCUT2D eigenvalue weighted by atomic mass is 10.3. The molecule has 1 aromatic heterocycles. The number of carbonyl (C=O) groups excluding carboxylic acids is 1. The van der Waals surface area contributed by atoms with Crippen molar-refractivity contribution in [1.29, 1.82) is 0 Å². The number of methoxy groups -OCH3 is 3. The number of aromatic nitrogens is 1. The van der Waals surface area contributed by atoms with Gasteiger partial charge in [-0.15, -0.1) is 6.42 Å². The van der Waals surface area contributed by atoms with Gasteiger partial charge in [0.15, 0.2) is 34.4 Å². The second-order valence-corrected chi connectivity index (χ2v) is 6.80. The first kappa shape index (κ1) is 20.3. The SMILES string of the molecule is C#CCn1c(=NC(=O)COc2ccccc2OC)sc2cc(OC)c(OC)cc21. The van der Waals surface area contributed by atoms with Gasteiger partial charge in [-0.25, -0.2) is 0 Å². The molecule has 0 spiro atoms. The molecule has 0 aliphatic heterocycles. The monoisotopic (exact) mass is 412 g/mol. The van der Waals surface area contributed by atoms with Gasteiger partial charge in [0.25, 0.3) is 5.91 Å². The maximum Gasteiger partial charge on any atom is 0.286 e. The summed E-state index contributed by atoms with van der Waals surface area (Å²) in [4.78, 5) is 17.1. The first-order valence-corrected chi connectivity index (χ1v) is 9.45. The molecule has 1 heterocycles. The van der Waals surface area contributed by atoms with E-state index in [4.69, 9.17) is 25.4 Å². The molecule has 0 fully saturated rings. The second kappa shape index (κ2) is 9.17. The van der Waals surface area contributed by atoms with Crippen LogP contribution >= 0.6 is 11.3 Å². The second-order valence-electron chi connectivity index (χ2n) is 5.79. The van der Waals surface area contributed by atoms with Crippen molar-refractivity contribution >= 4 is 27.5 Å². The number of carbonyl (C=O) groups is 1. The topological polar surface area (TPSA) is 71.3 Å². The number of benzene rings is 2. The Morgan fingerprint density at radius 1 is 1.07 bits per heavy atom. The Morgan fingerprint density at radius 3 is 2.38 bits per heavy atom. The zero-order chi connectivity index (χ0) is 20.8. The van der Waals surface area contributed by atoms with E-state index < -0.39 is 5.91 Å². The number of terminal acetylenes is 1. The van der Waals surface area contributed by atoms with Gasteiger partial charge in [0.05, 0.1) is 38.1 Å². The number of hydrogen-bond donors (Lipinski definition) is 0. The summed E-state index contributed by atoms with van der Waals surface area (Å²) in [6.07, 6.45) is 5.52. The molecule has 2 aromatic carbocycles. The Morgan fingerprint density at radius 2 is 1.72 bits per heavy atom. The van der Waals surface area contributed by atoms with Crippen molar-refractivity contribution in [1.82, 2.24) is 4.57 Å². The van der Waals surface area contributed by atoms with Crippen LogP contribution in [0, 0.1) is 12.3 Å². The summed E-state index contributed by atoms with van der Waals surface area (Å²) in [5.74, 6) is 4.33. The smallest absolute Gasteiger partial charge is 0.286 e. The molecule has 0 radical (unpaired) electrons. The number of nitrogens with zero attached hydrogens (tertiary/aromatic N) is 2. The van der Waals surface area contributed by atoms with Crippen molar-refractivity contribution < 1.29 is 23.7 Å². The Labute approximate surface area is 172 Å². The zero-order valence-corrected chi connectivity index (χ0v) is 17.1. The third kappa shape index (κ3) is 4.36. The molecule has 0 aliphatic carbocycles. The van der Waals surface area contributed by atoms with E-state index >= 15 is 0 Å². The maximum absolute atomic E-state index is 12.4. The van der Waals surface area contributed by atoms with Crippen LogP contribution in [0.3, 0.4) is 0 Å². The normalized spacial score (nSPS) is 11.2. The predicted molar refractivity (Wildman–Crippen MR) is 111 cm³/mol. The fourth-order valence-corrected chi connectivity index (χ4v) is 3.80. The minimum absolute atomic E-state index is 0.225. The van der Waals surface area contributed by atoms with Crippen molar-refractivity contribution in [3.05, 3.63) is 41.2 Å². The number of amides is 1. The highest BCUT2D eigenvalue weighted by molar-refractivity contribution is 7.16. The summed E-state index contributed by atoms with van der Waals surface area (Å²) in [7, 11) is 4.67. The third-order valence-corrected chi connectivity index (χ3v) is 5.12. The molecule has 0 unspecified atom stereocenters. The Kier molecular flexibility index (Phi) is 6.42. The molecule has 8 heteroatoms. The molecule has 29 heavy (non-hydrogen) atoms. The van der Waals surface area contributed by atoms with Crippen LogP contribution in [0.15, 0.2) is 41.4 Å². The van der Waals surface area contributed by atoms with E-state index in [9.17, 15) is 4.79 Å². The van der Waals surface area contributed by atoms with E-state index in [-0.39, 0.29) is 13.2 Å². The van der Waals surface area contributed by atoms with Crippen molar-refractivity contribution in [2.45, 2.75) is 6.54 Å². The number of rotatable bonds is 7. The van der Waals surface area contributed by atoms with Gasteiger partial charge in [-0.05, 0) is 12.1 Å². The lowest BCUT2D eigenvalue weighted by molar-refractivity contribution is -0.120. The number of hydrogen-bond acceptors (Lipinski definition) is 6. The average molecular weight is 412 g/mol. The molecule has 0 saturated carbocycles. The molecule has 7 nitrogen and oxygen atoms in total. The van der Waals surface area contributed by atoms with Crippen molar-refractivity contribution in [2.24, 2.45) is 4.99 Å². The molecule has 3 rings (SSSR count). The van der Waals surface area contributed by atoms with Gasteiger partial charge in [0.1, 0.15) is 0 Å². The molecule has 150 valence electrons. The van der Waals surface area contributed by atoms with Gasteiger partial charge in [-0.3, -0.25) is 4.79 Å². The molecule has 0 saturated heterocycles. The summed E-state index contributed by atoms with van der Waals surface area (Å²) in [6.45, 7) is 0.0340. The van der Waals surface area contributed by atoms with Crippen LogP contribution in [0.25, 0.3) is 10.2 Å². The standard InChI is InChI=1S/C21H20N2O5S/c1-5-10-23-14-11-17(26-3)18(27-4)12-19(14)29-21(23)22-20(24)13-28-16-9-7-6-8-15(16)25-2/h1,6-9,11-12H,10,13H2,2-4H3. The van der Waals surface area contributed by atoms with Gasteiger partial charge in [-0.1, -0.05) is 29.4 Å². The lowest BCUT2D eigenvalue weighted by Crippen LogP contribution is -2.19. The fraction of sp³-hybridized carbons (Fsp3) is 0.238. The van der Waals surface area contributed by atoms with Gasteiger partial charge in [-0.2, -0.15) is 4.99 Å². The number of thiazole rings is 1. The first-order valence-electron chi connectivity index (χ1n) is 8.63. The molecular weight excluding hydrogens is 392 g/mol. The van der Waals surface area contributed by atoms with Gasteiger partial charge in [0.2, 0.25) is 0 Å². The van der Waals surface area contributed by atoms with Crippen molar-refractivity contribution in [2.75, 3.05) is 27.9 Å². The lowest BCUT2D eigenvalue weighted by Gasteiger charge is -2.08. The summed E-state index contributed by atoms with van der Waals surface area (Å²) in [5, 5.41) is 0. The molecule has 0 N–H and O–H groups in total. The third-order valence-electron chi connectivity index (χ3n) is 4.08. The maximum atomic E-state index is 12.4. The highest BCUT2D eigenvalue weighted by atomic mass is 32.1. The largest absolute Gasteiger partial charge is 0.493 e. The van der Waals surface area contributed by atoms with Crippen LogP contribution < -0.4 is 23.7 Å². The van der Waals surface area contributed by atoms with Crippen LogP contribution in [0.2, 0.25) is 0 Å². The Balaban J connectivity index is 1.94. The summed E-state index contributed by atoms with van der Waals surface area (Å²) >= 11 is 1.33. The van der Waals surface area contributed by atoms with Crippen LogP contribution in [-0.2, 0) is 11.3 Å². The van der Waals surface area contributed by atoms with Crippen molar-refractivity contribution in [3.63, 3.8) is 0 Å². The minimum atomic E-state index is -0.438. The quantitative estimate of drug-likeness (QED) is 0.558. The summed E-state index contributed by atoms with van der Waals surface area (Å²) in [6, 6.07) is 10.7. The molecule has 1 amide bonds. The Bertz CT molecular complexity index is 1140. The van der Waals surface area contributed by atoms with Crippen molar-refractivity contribution in [3.8, 4) is 35.3 Å². The average Bonchev–Trinajstić information content (AvgIpc) is 3.07. The Hall–Kier alpha value is -3.44. The summed E-state index contributed by atoms with van der Waals surface area (Å²) in [5.41, 5.74) is 0.808. The zero-order valence-electron chi connectivity index (χ0n) is 16.3. The van der Waals surface area contributed by atoms with Crippen LogP contribution in [0.5, 0.6) is 23.0 Å². The minimum Gasteiger partial charge on any atom is -0.493 e. The van der Waals surface area contributed by atoms with Gasteiger partial charge >= 0.3 is 0 Å². The number of fused-ring (bicyclic) bond motifs is 1. The predicted octanol–water partition coefficient (Wildman–Crippen LogP) is 2.87. The van der Waals surface area contributed by atoms with E-state index in [0.29, 0.717) is 27.8 Å². The number of ether oxygens (including phenoxy) is 4. The number of para-hydroxylation sites is 2. The van der Waals surface area contributed by atoms with Gasteiger partial charge < -0.3 is 23.5 Å². The van der Waals surface area contributed by atoms with Crippen LogP contribution in [0.4, 0.5) is 0 Å². The molecule has 0 atom stereocenters. The van der Waals surface area contributed by atoms with Gasteiger partial charge in [0, 0.05) is 12.1 Å². The van der Waals surface area contributed by atoms with E-state index in [0.717, 1.165) is 10.2 Å². The van der Waals surface area contributed by atoms with E-state index in [1.807, 2.05) is 18.2 Å². The molecular formula is C21H20N2O5S.